The number of fused-ring (bicyclic) bond motifs is 1. The summed E-state index contributed by atoms with van der Waals surface area (Å²) in [6.07, 6.45) is 0. The van der Waals surface area contributed by atoms with Gasteiger partial charge in [-0.25, -0.2) is 4.79 Å². The number of carboxylic acids is 1. The highest BCUT2D eigenvalue weighted by atomic mass is 35.5. The van der Waals surface area contributed by atoms with Gasteiger partial charge in [0.2, 0.25) is 0 Å². The lowest BCUT2D eigenvalue weighted by Gasteiger charge is -2.07. The van der Waals surface area contributed by atoms with E-state index in [0.717, 1.165) is 16.6 Å². The number of benzene rings is 2. The van der Waals surface area contributed by atoms with E-state index in [1.807, 2.05) is 6.07 Å². The van der Waals surface area contributed by atoms with Crippen LogP contribution in [0.5, 0.6) is 5.75 Å². The molecule has 0 aliphatic carbocycles. The highest BCUT2D eigenvalue weighted by Gasteiger charge is 2.13. The van der Waals surface area contributed by atoms with Gasteiger partial charge in [-0.2, -0.15) is 0 Å². The van der Waals surface area contributed by atoms with Gasteiger partial charge in [0.15, 0.2) is 0 Å². The van der Waals surface area contributed by atoms with Gasteiger partial charge in [-0.05, 0) is 36.4 Å². The molecule has 1 aromatic heterocycles. The number of rotatable bonds is 3. The number of carbonyl (C=O) groups is 1. The zero-order chi connectivity index (χ0) is 15.9. The van der Waals surface area contributed by atoms with Gasteiger partial charge in [0.25, 0.3) is 0 Å². The molecule has 0 bridgehead atoms. The van der Waals surface area contributed by atoms with Crippen molar-refractivity contribution in [1.29, 1.82) is 0 Å². The number of hydrogen-bond acceptors (Lipinski definition) is 2. The van der Waals surface area contributed by atoms with Crippen molar-refractivity contribution >= 4 is 40.1 Å². The Hall–Kier alpha value is -2.17. The number of hydrogen-bond donors (Lipinski definition) is 2. The molecular weight excluding hydrogens is 325 g/mol. The van der Waals surface area contributed by atoms with Gasteiger partial charge in [0.05, 0.1) is 28.4 Å². The van der Waals surface area contributed by atoms with Crippen LogP contribution in [0.2, 0.25) is 10.0 Å². The van der Waals surface area contributed by atoms with Crippen LogP contribution < -0.4 is 4.74 Å². The van der Waals surface area contributed by atoms with Crippen molar-refractivity contribution in [3.05, 3.63) is 52.0 Å². The number of H-pyrrole nitrogens is 1. The van der Waals surface area contributed by atoms with E-state index < -0.39 is 5.97 Å². The summed E-state index contributed by atoms with van der Waals surface area (Å²) in [4.78, 5) is 14.4. The molecule has 2 N–H and O–H groups in total. The van der Waals surface area contributed by atoms with Gasteiger partial charge in [-0.3, -0.25) is 0 Å². The Morgan fingerprint density at radius 2 is 1.86 bits per heavy atom. The third-order valence-electron chi connectivity index (χ3n) is 3.40. The molecule has 3 aromatic rings. The zero-order valence-electron chi connectivity index (χ0n) is 11.5. The van der Waals surface area contributed by atoms with Crippen molar-refractivity contribution in [3.8, 4) is 17.0 Å². The van der Waals surface area contributed by atoms with Crippen molar-refractivity contribution in [2.24, 2.45) is 0 Å². The minimum absolute atomic E-state index is 0.186. The number of aromatic amines is 1. The van der Waals surface area contributed by atoms with Crippen LogP contribution in [0.25, 0.3) is 22.2 Å². The number of ether oxygens (including phenoxy) is 1. The minimum atomic E-state index is -0.994. The number of methoxy groups -OCH3 is 1. The topological polar surface area (TPSA) is 62.3 Å². The lowest BCUT2D eigenvalue weighted by molar-refractivity contribution is 0.0697. The highest BCUT2D eigenvalue weighted by Crippen LogP contribution is 2.35. The summed E-state index contributed by atoms with van der Waals surface area (Å²) in [5.41, 5.74) is 2.39. The summed E-state index contributed by atoms with van der Waals surface area (Å²) in [5.74, 6) is -0.417. The first-order valence-corrected chi connectivity index (χ1v) is 7.14. The molecule has 3 rings (SSSR count). The summed E-state index contributed by atoms with van der Waals surface area (Å²) in [7, 11) is 1.54. The Kier molecular flexibility index (Phi) is 3.72. The summed E-state index contributed by atoms with van der Waals surface area (Å²) in [6, 6.07) is 10.1. The fourth-order valence-corrected chi connectivity index (χ4v) is 2.66. The van der Waals surface area contributed by atoms with E-state index in [1.54, 1.807) is 24.3 Å². The van der Waals surface area contributed by atoms with Crippen LogP contribution in [-0.4, -0.2) is 23.2 Å². The van der Waals surface area contributed by atoms with E-state index in [0.29, 0.717) is 21.4 Å². The van der Waals surface area contributed by atoms with E-state index in [9.17, 15) is 4.79 Å². The summed E-state index contributed by atoms with van der Waals surface area (Å²) in [6.45, 7) is 0. The molecule has 0 saturated carbocycles. The average molecular weight is 336 g/mol. The van der Waals surface area contributed by atoms with E-state index >= 15 is 0 Å². The van der Waals surface area contributed by atoms with E-state index in [1.165, 1.54) is 13.2 Å². The number of halogens is 2. The van der Waals surface area contributed by atoms with Crippen LogP contribution >= 0.6 is 23.2 Å². The Balaban J connectivity index is 2.21. The van der Waals surface area contributed by atoms with Gasteiger partial charge in [-0.15, -0.1) is 0 Å². The Bertz CT molecular complexity index is 847. The molecule has 2 aromatic carbocycles. The van der Waals surface area contributed by atoms with E-state index in [2.05, 4.69) is 4.98 Å². The first kappa shape index (κ1) is 14.8. The molecule has 0 unspecified atom stereocenters. The van der Waals surface area contributed by atoms with Crippen molar-refractivity contribution in [2.75, 3.05) is 7.11 Å². The molecule has 1 heterocycles. The van der Waals surface area contributed by atoms with Crippen LogP contribution in [0.15, 0.2) is 36.4 Å². The molecule has 0 fully saturated rings. The molecule has 0 saturated heterocycles. The van der Waals surface area contributed by atoms with Crippen LogP contribution in [0.3, 0.4) is 0 Å². The molecule has 4 nitrogen and oxygen atoms in total. The fourth-order valence-electron chi connectivity index (χ4n) is 2.32. The summed E-state index contributed by atoms with van der Waals surface area (Å²) >= 11 is 12.0. The van der Waals surface area contributed by atoms with Crippen LogP contribution in [-0.2, 0) is 0 Å². The molecule has 0 spiro atoms. The Labute approximate surface area is 136 Å². The van der Waals surface area contributed by atoms with Gasteiger partial charge in [0, 0.05) is 16.5 Å². The second-order valence-electron chi connectivity index (χ2n) is 4.76. The molecule has 22 heavy (non-hydrogen) atoms. The lowest BCUT2D eigenvalue weighted by Crippen LogP contribution is -1.98. The average Bonchev–Trinajstić information content (AvgIpc) is 2.89. The van der Waals surface area contributed by atoms with E-state index in [-0.39, 0.29) is 5.56 Å². The normalized spacial score (nSPS) is 10.9. The summed E-state index contributed by atoms with van der Waals surface area (Å²) in [5, 5.41) is 10.9. The van der Waals surface area contributed by atoms with Crippen molar-refractivity contribution in [1.82, 2.24) is 4.98 Å². The number of aromatic carboxylic acids is 1. The largest absolute Gasteiger partial charge is 0.496 e. The van der Waals surface area contributed by atoms with Gasteiger partial charge >= 0.3 is 5.97 Å². The fraction of sp³-hybridized carbons (Fsp3) is 0.0625. The molecule has 0 aliphatic rings. The van der Waals surface area contributed by atoms with Crippen LogP contribution in [0.4, 0.5) is 0 Å². The smallest absolute Gasteiger partial charge is 0.335 e. The number of nitrogens with one attached hydrogen (secondary N) is 1. The number of carboxylic acid groups (broad SMARTS) is 1. The maximum absolute atomic E-state index is 11.2. The Morgan fingerprint density at radius 1 is 1.14 bits per heavy atom. The second-order valence-corrected chi connectivity index (χ2v) is 5.57. The summed E-state index contributed by atoms with van der Waals surface area (Å²) < 4.78 is 5.31. The van der Waals surface area contributed by atoms with Crippen LogP contribution in [0.1, 0.15) is 10.4 Å². The first-order valence-electron chi connectivity index (χ1n) is 6.39. The maximum atomic E-state index is 11.2. The lowest BCUT2D eigenvalue weighted by atomic mass is 10.1. The van der Waals surface area contributed by atoms with Crippen molar-refractivity contribution < 1.29 is 14.6 Å². The molecule has 0 radical (unpaired) electrons. The standard InChI is InChI=1S/C16H11Cl2NO3/c1-22-15-3-2-8(16(20)21)4-10(15)14-6-9-5-11(17)12(18)7-13(9)19-14/h2-7,19H,1H3,(H,20,21). The van der Waals surface area contributed by atoms with E-state index in [4.69, 9.17) is 33.0 Å². The van der Waals surface area contributed by atoms with Crippen molar-refractivity contribution in [3.63, 3.8) is 0 Å². The third-order valence-corrected chi connectivity index (χ3v) is 4.12. The van der Waals surface area contributed by atoms with Gasteiger partial charge in [-0.1, -0.05) is 23.2 Å². The minimum Gasteiger partial charge on any atom is -0.496 e. The highest BCUT2D eigenvalue weighted by molar-refractivity contribution is 6.42. The second kappa shape index (κ2) is 5.55. The number of aromatic nitrogens is 1. The SMILES string of the molecule is COc1ccc(C(=O)O)cc1-c1cc2cc(Cl)c(Cl)cc2[nH]1. The maximum Gasteiger partial charge on any atom is 0.335 e. The van der Waals surface area contributed by atoms with Crippen molar-refractivity contribution in [2.45, 2.75) is 0 Å². The zero-order valence-corrected chi connectivity index (χ0v) is 13.0. The molecule has 0 atom stereocenters. The third kappa shape index (κ3) is 2.51. The van der Waals surface area contributed by atoms with Gasteiger partial charge < -0.3 is 14.8 Å². The molecule has 0 amide bonds. The molecule has 112 valence electrons. The van der Waals surface area contributed by atoms with Crippen LogP contribution in [0, 0.1) is 0 Å². The first-order chi connectivity index (χ1) is 10.5. The quantitative estimate of drug-likeness (QED) is 0.719. The molecular formula is C16H11Cl2NO3. The monoisotopic (exact) mass is 335 g/mol. The predicted molar refractivity (Wildman–Crippen MR) is 87.3 cm³/mol. The molecule has 0 aliphatic heterocycles. The van der Waals surface area contributed by atoms with Gasteiger partial charge in [0.1, 0.15) is 5.75 Å². The Morgan fingerprint density at radius 3 is 2.55 bits per heavy atom. The molecule has 6 heteroatoms. The predicted octanol–water partition coefficient (Wildman–Crippen LogP) is 4.85.